The highest BCUT2D eigenvalue weighted by Gasteiger charge is 2.11. The first-order chi connectivity index (χ1) is 11.3. The monoisotopic (exact) mass is 345 g/mol. The molecule has 0 aliphatic carbocycles. The number of hydrogen-bond acceptors (Lipinski definition) is 6. The summed E-state index contributed by atoms with van der Waals surface area (Å²) in [7, 11) is 0. The van der Waals surface area contributed by atoms with E-state index in [4.69, 9.17) is 4.42 Å². The van der Waals surface area contributed by atoms with Crippen LogP contribution in [0.2, 0.25) is 0 Å². The molecule has 118 valence electrons. The smallest absolute Gasteiger partial charge is 0.277 e. The third kappa shape index (κ3) is 4.67. The maximum atomic E-state index is 11.8. The fourth-order valence-corrected chi connectivity index (χ4v) is 3.17. The zero-order valence-electron chi connectivity index (χ0n) is 12.3. The minimum atomic E-state index is -0.0400. The van der Waals surface area contributed by atoms with Crippen molar-refractivity contribution in [2.24, 2.45) is 0 Å². The molecule has 2 aromatic heterocycles. The van der Waals surface area contributed by atoms with Crippen LogP contribution in [0.25, 0.3) is 10.8 Å². The van der Waals surface area contributed by atoms with Gasteiger partial charge in [-0.3, -0.25) is 4.79 Å². The lowest BCUT2D eigenvalue weighted by atomic mass is 10.1. The lowest BCUT2D eigenvalue weighted by Gasteiger charge is -2.04. The van der Waals surface area contributed by atoms with Crippen LogP contribution < -0.4 is 5.32 Å². The fraction of sp³-hybridized carbons (Fsp3) is 0.188. The molecule has 7 heteroatoms. The van der Waals surface area contributed by atoms with E-state index in [9.17, 15) is 4.79 Å². The van der Waals surface area contributed by atoms with Crippen molar-refractivity contribution in [2.45, 2.75) is 11.6 Å². The van der Waals surface area contributed by atoms with Crippen molar-refractivity contribution in [3.63, 3.8) is 0 Å². The molecule has 23 heavy (non-hydrogen) atoms. The third-order valence-electron chi connectivity index (χ3n) is 3.04. The van der Waals surface area contributed by atoms with Crippen molar-refractivity contribution in [1.29, 1.82) is 0 Å². The second-order valence-corrected chi connectivity index (χ2v) is 6.60. The van der Waals surface area contributed by atoms with Crippen LogP contribution in [-0.4, -0.2) is 28.4 Å². The number of thioether (sulfide) groups is 1. The van der Waals surface area contributed by atoms with E-state index in [2.05, 4.69) is 15.5 Å². The van der Waals surface area contributed by atoms with Gasteiger partial charge in [0.2, 0.25) is 5.91 Å². The number of aromatic nitrogens is 2. The Morgan fingerprint density at radius 3 is 2.83 bits per heavy atom. The number of rotatable bonds is 7. The molecule has 5 nitrogen and oxygen atoms in total. The fourth-order valence-electron chi connectivity index (χ4n) is 1.94. The second-order valence-electron chi connectivity index (χ2n) is 4.72. The number of thiophene rings is 1. The Labute approximate surface area is 142 Å². The molecule has 3 rings (SSSR count). The molecule has 0 atom stereocenters. The standard InChI is InChI=1S/C16H15N3O2S2/c20-14(17-9-8-12-5-2-1-3-6-12)11-23-16-19-18-15(21-16)13-7-4-10-22-13/h1-7,10H,8-9,11H2,(H,17,20). The van der Waals surface area contributed by atoms with E-state index in [-0.39, 0.29) is 11.7 Å². The van der Waals surface area contributed by atoms with Crippen LogP contribution in [0.5, 0.6) is 0 Å². The lowest BCUT2D eigenvalue weighted by Crippen LogP contribution is -2.27. The minimum absolute atomic E-state index is 0.0400. The number of amides is 1. The summed E-state index contributed by atoms with van der Waals surface area (Å²) < 4.78 is 5.52. The molecule has 2 heterocycles. The number of nitrogens with one attached hydrogen (secondary N) is 1. The Bertz CT molecular complexity index is 742. The Hall–Kier alpha value is -2.12. The highest BCUT2D eigenvalue weighted by Crippen LogP contribution is 2.26. The van der Waals surface area contributed by atoms with Gasteiger partial charge in [-0.15, -0.1) is 21.5 Å². The zero-order valence-corrected chi connectivity index (χ0v) is 13.9. The molecule has 1 N–H and O–H groups in total. The Morgan fingerprint density at radius 2 is 2.04 bits per heavy atom. The Balaban J connectivity index is 1.41. The first-order valence-corrected chi connectivity index (χ1v) is 8.98. The average molecular weight is 345 g/mol. The molecule has 0 saturated heterocycles. The first kappa shape index (κ1) is 15.8. The summed E-state index contributed by atoms with van der Waals surface area (Å²) >= 11 is 2.78. The maximum Gasteiger partial charge on any atom is 0.277 e. The Morgan fingerprint density at radius 1 is 1.17 bits per heavy atom. The zero-order chi connectivity index (χ0) is 15.9. The molecule has 3 aromatic rings. The van der Waals surface area contributed by atoms with Crippen LogP contribution in [-0.2, 0) is 11.2 Å². The molecular formula is C16H15N3O2S2. The van der Waals surface area contributed by atoms with Crippen molar-refractivity contribution < 1.29 is 9.21 Å². The molecule has 0 saturated carbocycles. The van der Waals surface area contributed by atoms with Crippen molar-refractivity contribution >= 4 is 29.0 Å². The molecule has 0 fully saturated rings. The van der Waals surface area contributed by atoms with E-state index >= 15 is 0 Å². The van der Waals surface area contributed by atoms with Gasteiger partial charge < -0.3 is 9.73 Å². The summed E-state index contributed by atoms with van der Waals surface area (Å²) in [6.45, 7) is 0.619. The average Bonchev–Trinajstić information content (AvgIpc) is 3.25. The SMILES string of the molecule is O=C(CSc1nnc(-c2cccs2)o1)NCCc1ccccc1. The molecule has 1 aromatic carbocycles. The van der Waals surface area contributed by atoms with Gasteiger partial charge in [0.05, 0.1) is 10.6 Å². The van der Waals surface area contributed by atoms with E-state index < -0.39 is 0 Å². The quantitative estimate of drug-likeness (QED) is 0.666. The molecule has 0 aliphatic rings. The van der Waals surface area contributed by atoms with E-state index in [0.29, 0.717) is 17.7 Å². The van der Waals surface area contributed by atoms with Gasteiger partial charge in [-0.2, -0.15) is 0 Å². The summed E-state index contributed by atoms with van der Waals surface area (Å²) in [4.78, 5) is 12.7. The summed E-state index contributed by atoms with van der Waals surface area (Å²) in [5.41, 5.74) is 1.21. The minimum Gasteiger partial charge on any atom is -0.410 e. The van der Waals surface area contributed by atoms with Crippen molar-refractivity contribution in [3.05, 3.63) is 53.4 Å². The number of carbonyl (C=O) groups excluding carboxylic acids is 1. The predicted octanol–water partition coefficient (Wildman–Crippen LogP) is 3.25. The first-order valence-electron chi connectivity index (χ1n) is 7.12. The van der Waals surface area contributed by atoms with Crippen LogP contribution in [0.1, 0.15) is 5.56 Å². The van der Waals surface area contributed by atoms with Gasteiger partial charge in [0, 0.05) is 6.54 Å². The number of hydrogen-bond donors (Lipinski definition) is 1. The topological polar surface area (TPSA) is 68.0 Å². The molecule has 0 aliphatic heterocycles. The van der Waals surface area contributed by atoms with Gasteiger partial charge in [-0.1, -0.05) is 48.2 Å². The van der Waals surface area contributed by atoms with Gasteiger partial charge >= 0.3 is 0 Å². The van der Waals surface area contributed by atoms with Crippen LogP contribution in [0.15, 0.2) is 57.5 Å². The maximum absolute atomic E-state index is 11.8. The molecular weight excluding hydrogens is 330 g/mol. The van der Waals surface area contributed by atoms with Crippen molar-refractivity contribution in [1.82, 2.24) is 15.5 Å². The van der Waals surface area contributed by atoms with E-state index in [1.54, 1.807) is 0 Å². The third-order valence-corrected chi connectivity index (χ3v) is 4.72. The molecule has 0 bridgehead atoms. The van der Waals surface area contributed by atoms with Gasteiger partial charge in [-0.05, 0) is 23.4 Å². The highest BCUT2D eigenvalue weighted by atomic mass is 32.2. The molecule has 0 unspecified atom stereocenters. The van der Waals surface area contributed by atoms with Crippen LogP contribution >= 0.6 is 23.1 Å². The number of nitrogens with zero attached hydrogens (tertiary/aromatic N) is 2. The Kier molecular flexibility index (Phi) is 5.44. The molecule has 0 spiro atoms. The summed E-state index contributed by atoms with van der Waals surface area (Å²) in [5.74, 6) is 0.717. The van der Waals surface area contributed by atoms with Gasteiger partial charge in [0.1, 0.15) is 0 Å². The van der Waals surface area contributed by atoms with Crippen LogP contribution in [0, 0.1) is 0 Å². The van der Waals surface area contributed by atoms with Crippen molar-refractivity contribution in [2.75, 3.05) is 12.3 Å². The summed E-state index contributed by atoms with van der Waals surface area (Å²) in [5, 5.41) is 13.2. The highest BCUT2D eigenvalue weighted by molar-refractivity contribution is 7.99. The van der Waals surface area contributed by atoms with E-state index in [0.717, 1.165) is 11.3 Å². The van der Waals surface area contributed by atoms with Gasteiger partial charge in [-0.25, -0.2) is 0 Å². The van der Waals surface area contributed by atoms with Crippen molar-refractivity contribution in [3.8, 4) is 10.8 Å². The second kappa shape index (κ2) is 7.94. The van der Waals surface area contributed by atoms with Gasteiger partial charge in [0.15, 0.2) is 0 Å². The van der Waals surface area contributed by atoms with Crippen LogP contribution in [0.3, 0.4) is 0 Å². The summed E-state index contributed by atoms with van der Waals surface area (Å²) in [6.07, 6.45) is 0.820. The van der Waals surface area contributed by atoms with Gasteiger partial charge in [0.25, 0.3) is 11.1 Å². The number of carbonyl (C=O) groups is 1. The normalized spacial score (nSPS) is 10.6. The molecule has 1 amide bonds. The van der Waals surface area contributed by atoms with E-state index in [1.807, 2.05) is 47.8 Å². The predicted molar refractivity (Wildman–Crippen MR) is 91.5 cm³/mol. The largest absolute Gasteiger partial charge is 0.410 e. The number of benzene rings is 1. The van der Waals surface area contributed by atoms with Crippen LogP contribution in [0.4, 0.5) is 0 Å². The molecule has 0 radical (unpaired) electrons. The lowest BCUT2D eigenvalue weighted by molar-refractivity contribution is -0.118. The van der Waals surface area contributed by atoms with E-state index in [1.165, 1.54) is 28.7 Å². The summed E-state index contributed by atoms with van der Waals surface area (Å²) in [6, 6.07) is 13.9.